The van der Waals surface area contributed by atoms with Crippen LogP contribution in [0.1, 0.15) is 38.7 Å². The number of unbranched alkanes of at least 4 members (excludes halogenated alkanes) is 1. The molecule has 0 aliphatic carbocycles. The van der Waals surface area contributed by atoms with Crippen molar-refractivity contribution >= 4 is 0 Å². The molecule has 0 spiro atoms. The van der Waals surface area contributed by atoms with Crippen LogP contribution in [0.25, 0.3) is 0 Å². The minimum atomic E-state index is -0.155. The quantitative estimate of drug-likeness (QED) is 0.751. The molecule has 0 saturated heterocycles. The van der Waals surface area contributed by atoms with Gasteiger partial charge in [0.2, 0.25) is 0 Å². The third kappa shape index (κ3) is 2.85. The summed E-state index contributed by atoms with van der Waals surface area (Å²) < 4.78 is 0. The lowest BCUT2D eigenvalue weighted by Gasteiger charge is -2.24. The lowest BCUT2D eigenvalue weighted by atomic mass is 9.88. The zero-order valence-corrected chi connectivity index (χ0v) is 8.59. The molecule has 0 aliphatic rings. The molecule has 1 aromatic rings. The van der Waals surface area contributed by atoms with Gasteiger partial charge in [-0.3, -0.25) is 0 Å². The summed E-state index contributed by atoms with van der Waals surface area (Å²) >= 11 is 0. The number of benzene rings is 1. The normalized spacial score (nSPS) is 15.3. The second-order valence-electron chi connectivity index (χ2n) is 3.89. The van der Waals surface area contributed by atoms with Crippen molar-refractivity contribution in [3.63, 3.8) is 0 Å². The zero-order chi connectivity index (χ0) is 9.73. The van der Waals surface area contributed by atoms with E-state index in [4.69, 9.17) is 5.73 Å². The van der Waals surface area contributed by atoms with E-state index in [1.165, 1.54) is 18.4 Å². The molecule has 1 aromatic carbocycles. The summed E-state index contributed by atoms with van der Waals surface area (Å²) in [4.78, 5) is 0. The fraction of sp³-hybridized carbons (Fsp3) is 0.500. The van der Waals surface area contributed by atoms with E-state index >= 15 is 0 Å². The van der Waals surface area contributed by atoms with Crippen LogP contribution in [-0.4, -0.2) is 0 Å². The minimum Gasteiger partial charge on any atom is -0.322 e. The van der Waals surface area contributed by atoms with Gasteiger partial charge in [0.05, 0.1) is 0 Å². The molecule has 0 unspecified atom stereocenters. The predicted octanol–water partition coefficient (Wildman–Crippen LogP) is 3.05. The Bertz CT molecular complexity index is 239. The van der Waals surface area contributed by atoms with E-state index in [2.05, 4.69) is 26.0 Å². The SMILES string of the molecule is CCCC[C@](C)(N)c1ccccc1. The highest BCUT2D eigenvalue weighted by Crippen LogP contribution is 2.23. The molecular weight excluding hydrogens is 158 g/mol. The van der Waals surface area contributed by atoms with Crippen LogP contribution in [0, 0.1) is 0 Å². The van der Waals surface area contributed by atoms with Gasteiger partial charge in [0.1, 0.15) is 0 Å². The van der Waals surface area contributed by atoms with E-state index < -0.39 is 0 Å². The van der Waals surface area contributed by atoms with Gasteiger partial charge < -0.3 is 5.73 Å². The molecule has 2 N–H and O–H groups in total. The molecule has 0 bridgehead atoms. The number of rotatable bonds is 4. The number of nitrogens with two attached hydrogens (primary N) is 1. The van der Waals surface area contributed by atoms with Crippen molar-refractivity contribution in [3.8, 4) is 0 Å². The van der Waals surface area contributed by atoms with Crippen LogP contribution >= 0.6 is 0 Å². The maximum absolute atomic E-state index is 6.22. The van der Waals surface area contributed by atoms with Crippen molar-refractivity contribution in [3.05, 3.63) is 35.9 Å². The molecule has 0 aliphatic heterocycles. The summed E-state index contributed by atoms with van der Waals surface area (Å²) in [5, 5.41) is 0. The van der Waals surface area contributed by atoms with Gasteiger partial charge in [-0.15, -0.1) is 0 Å². The van der Waals surface area contributed by atoms with E-state index in [9.17, 15) is 0 Å². The van der Waals surface area contributed by atoms with Crippen LogP contribution in [0.2, 0.25) is 0 Å². The molecule has 1 rings (SSSR count). The second kappa shape index (κ2) is 4.43. The molecule has 1 heteroatoms. The molecule has 0 heterocycles. The Kier molecular flexibility index (Phi) is 3.49. The van der Waals surface area contributed by atoms with E-state index in [0.717, 1.165) is 6.42 Å². The van der Waals surface area contributed by atoms with Gasteiger partial charge in [-0.25, -0.2) is 0 Å². The third-order valence-corrected chi connectivity index (χ3v) is 2.48. The predicted molar refractivity (Wildman–Crippen MR) is 57.5 cm³/mol. The summed E-state index contributed by atoms with van der Waals surface area (Å²) in [6.07, 6.45) is 3.47. The average Bonchev–Trinajstić information content (AvgIpc) is 2.16. The molecule has 0 amide bonds. The summed E-state index contributed by atoms with van der Waals surface area (Å²) in [5.74, 6) is 0. The molecule has 0 saturated carbocycles. The van der Waals surface area contributed by atoms with Gasteiger partial charge >= 0.3 is 0 Å². The van der Waals surface area contributed by atoms with Crippen LogP contribution in [-0.2, 0) is 5.54 Å². The Morgan fingerprint density at radius 3 is 2.38 bits per heavy atom. The fourth-order valence-electron chi connectivity index (χ4n) is 1.51. The van der Waals surface area contributed by atoms with Gasteiger partial charge in [-0.05, 0) is 18.9 Å². The maximum atomic E-state index is 6.22. The highest BCUT2D eigenvalue weighted by Gasteiger charge is 2.19. The van der Waals surface area contributed by atoms with Crippen LogP contribution in [0.5, 0.6) is 0 Å². The first-order valence-corrected chi connectivity index (χ1v) is 5.01. The van der Waals surface area contributed by atoms with Crippen LogP contribution in [0.15, 0.2) is 30.3 Å². The van der Waals surface area contributed by atoms with Crippen LogP contribution in [0.3, 0.4) is 0 Å². The van der Waals surface area contributed by atoms with Crippen LogP contribution in [0.4, 0.5) is 0 Å². The first-order valence-electron chi connectivity index (χ1n) is 5.01. The summed E-state index contributed by atoms with van der Waals surface area (Å²) in [5.41, 5.74) is 7.31. The van der Waals surface area contributed by atoms with Gasteiger partial charge in [0, 0.05) is 5.54 Å². The monoisotopic (exact) mass is 177 g/mol. The number of hydrogen-bond acceptors (Lipinski definition) is 1. The van der Waals surface area contributed by atoms with Gasteiger partial charge in [-0.1, -0.05) is 50.1 Å². The highest BCUT2D eigenvalue weighted by molar-refractivity contribution is 5.22. The standard InChI is InChI=1S/C12H19N/c1-3-4-10-12(2,13)11-8-6-5-7-9-11/h5-9H,3-4,10,13H2,1-2H3/t12-/m0/s1. The van der Waals surface area contributed by atoms with Crippen molar-refractivity contribution in [2.24, 2.45) is 5.73 Å². The first-order chi connectivity index (χ1) is 6.17. The summed E-state index contributed by atoms with van der Waals surface area (Å²) in [6, 6.07) is 10.3. The second-order valence-corrected chi connectivity index (χ2v) is 3.89. The molecule has 0 fully saturated rings. The van der Waals surface area contributed by atoms with Crippen molar-refractivity contribution < 1.29 is 0 Å². The molecule has 0 radical (unpaired) electrons. The molecule has 0 aromatic heterocycles. The third-order valence-electron chi connectivity index (χ3n) is 2.48. The van der Waals surface area contributed by atoms with Crippen molar-refractivity contribution in [1.29, 1.82) is 0 Å². The lowest BCUT2D eigenvalue weighted by molar-refractivity contribution is 0.433. The minimum absolute atomic E-state index is 0.155. The zero-order valence-electron chi connectivity index (χ0n) is 8.59. The number of hydrogen-bond donors (Lipinski definition) is 1. The molecule has 1 atom stereocenters. The maximum Gasteiger partial charge on any atom is 0.0381 e. The molecular formula is C12H19N. The average molecular weight is 177 g/mol. The largest absolute Gasteiger partial charge is 0.322 e. The Morgan fingerprint density at radius 2 is 1.85 bits per heavy atom. The van der Waals surface area contributed by atoms with Crippen molar-refractivity contribution in [2.75, 3.05) is 0 Å². The van der Waals surface area contributed by atoms with Gasteiger partial charge in [-0.2, -0.15) is 0 Å². The van der Waals surface area contributed by atoms with E-state index in [1.54, 1.807) is 0 Å². The Labute approximate surface area is 81.0 Å². The van der Waals surface area contributed by atoms with Gasteiger partial charge in [0.25, 0.3) is 0 Å². The molecule has 13 heavy (non-hydrogen) atoms. The van der Waals surface area contributed by atoms with Crippen LogP contribution < -0.4 is 5.73 Å². The summed E-state index contributed by atoms with van der Waals surface area (Å²) in [6.45, 7) is 4.30. The van der Waals surface area contributed by atoms with Crippen molar-refractivity contribution in [2.45, 2.75) is 38.6 Å². The van der Waals surface area contributed by atoms with Crippen molar-refractivity contribution in [1.82, 2.24) is 0 Å². The Morgan fingerprint density at radius 1 is 1.23 bits per heavy atom. The van der Waals surface area contributed by atoms with E-state index in [-0.39, 0.29) is 5.54 Å². The smallest absolute Gasteiger partial charge is 0.0381 e. The molecule has 72 valence electrons. The fourth-order valence-corrected chi connectivity index (χ4v) is 1.51. The Hall–Kier alpha value is -0.820. The van der Waals surface area contributed by atoms with E-state index in [0.29, 0.717) is 0 Å². The lowest BCUT2D eigenvalue weighted by Crippen LogP contribution is -2.32. The highest BCUT2D eigenvalue weighted by atomic mass is 14.7. The molecule has 1 nitrogen and oxygen atoms in total. The Balaban J connectivity index is 2.69. The topological polar surface area (TPSA) is 26.0 Å². The summed E-state index contributed by atoms with van der Waals surface area (Å²) in [7, 11) is 0. The van der Waals surface area contributed by atoms with Gasteiger partial charge in [0.15, 0.2) is 0 Å². The first kappa shape index (κ1) is 10.3. The van der Waals surface area contributed by atoms with E-state index in [1.807, 2.05) is 18.2 Å².